The van der Waals surface area contributed by atoms with Crippen molar-refractivity contribution in [3.8, 4) is 17.1 Å². The van der Waals surface area contributed by atoms with Gasteiger partial charge in [-0.15, -0.1) is 10.2 Å². The summed E-state index contributed by atoms with van der Waals surface area (Å²) in [6, 6.07) is 19.6. The number of nitrogens with zero attached hydrogens (tertiary/aromatic N) is 4. The molecule has 33 heavy (non-hydrogen) atoms. The summed E-state index contributed by atoms with van der Waals surface area (Å²) in [7, 11) is 0. The van der Waals surface area contributed by atoms with Crippen LogP contribution in [0.25, 0.3) is 17.1 Å². The van der Waals surface area contributed by atoms with Crippen LogP contribution >= 0.6 is 11.8 Å². The van der Waals surface area contributed by atoms with Crippen LogP contribution in [0.3, 0.4) is 0 Å². The van der Waals surface area contributed by atoms with E-state index in [1.807, 2.05) is 65.2 Å². The third kappa shape index (κ3) is 5.63. The van der Waals surface area contributed by atoms with Crippen LogP contribution < -0.4 is 0 Å². The van der Waals surface area contributed by atoms with Gasteiger partial charge in [0.05, 0.1) is 5.75 Å². The minimum Gasteiger partial charge on any atom is -0.452 e. The molecule has 1 atom stereocenters. The van der Waals surface area contributed by atoms with E-state index in [2.05, 4.69) is 17.1 Å². The Hall–Kier alpha value is -3.13. The van der Waals surface area contributed by atoms with Gasteiger partial charge in [0.25, 0.3) is 5.91 Å². The zero-order valence-corrected chi connectivity index (χ0v) is 19.7. The molecular weight excluding hydrogens is 436 g/mol. The van der Waals surface area contributed by atoms with Crippen molar-refractivity contribution < 1.29 is 14.3 Å². The number of ether oxygens (including phenoxy) is 1. The first kappa shape index (κ1) is 23.0. The topological polar surface area (TPSA) is 77.3 Å². The Morgan fingerprint density at radius 2 is 1.67 bits per heavy atom. The van der Waals surface area contributed by atoms with E-state index in [-0.39, 0.29) is 11.7 Å². The third-order valence-electron chi connectivity index (χ3n) is 5.75. The van der Waals surface area contributed by atoms with Crippen LogP contribution in [0.5, 0.6) is 0 Å². The van der Waals surface area contributed by atoms with Gasteiger partial charge in [0.2, 0.25) is 0 Å². The molecule has 0 aliphatic carbocycles. The number of likely N-dealkylation sites (tertiary alicyclic amines) is 1. The fourth-order valence-electron chi connectivity index (χ4n) is 3.84. The number of carbonyl (C=O) groups is 2. The van der Waals surface area contributed by atoms with Crippen molar-refractivity contribution >= 4 is 23.6 Å². The van der Waals surface area contributed by atoms with Gasteiger partial charge >= 0.3 is 5.97 Å². The van der Waals surface area contributed by atoms with Crippen LogP contribution in [-0.4, -0.2) is 56.5 Å². The molecule has 1 amide bonds. The highest BCUT2D eigenvalue weighted by molar-refractivity contribution is 7.99. The van der Waals surface area contributed by atoms with Crippen LogP contribution in [0.1, 0.15) is 26.7 Å². The maximum atomic E-state index is 12.6. The molecule has 1 unspecified atom stereocenters. The molecule has 0 N–H and O–H groups in total. The number of aromatic nitrogens is 3. The predicted molar refractivity (Wildman–Crippen MR) is 128 cm³/mol. The first-order valence-electron chi connectivity index (χ1n) is 11.2. The number of hydrogen-bond donors (Lipinski definition) is 0. The number of benzene rings is 2. The van der Waals surface area contributed by atoms with Gasteiger partial charge in [-0.05, 0) is 37.8 Å². The van der Waals surface area contributed by atoms with Crippen molar-refractivity contribution in [1.82, 2.24) is 19.7 Å². The summed E-state index contributed by atoms with van der Waals surface area (Å²) in [5, 5.41) is 9.29. The SMILES string of the molecule is CC1CCN(C(=O)C(C)OC(=O)CSc2nnc(-c3ccccc3)n2-c2ccccc2)CC1. The standard InChI is InChI=1S/C25H28N4O3S/c1-18-13-15-28(16-14-18)24(31)19(2)32-22(30)17-33-25-27-26-23(20-9-5-3-6-10-20)29(25)21-11-7-4-8-12-21/h3-12,18-19H,13-17H2,1-2H3. The molecule has 7 nitrogen and oxygen atoms in total. The summed E-state index contributed by atoms with van der Waals surface area (Å²) in [4.78, 5) is 26.9. The largest absolute Gasteiger partial charge is 0.452 e. The van der Waals surface area contributed by atoms with E-state index >= 15 is 0 Å². The summed E-state index contributed by atoms with van der Waals surface area (Å²) in [6.07, 6.45) is 1.18. The fourth-order valence-corrected chi connectivity index (χ4v) is 4.57. The Labute approximate surface area is 198 Å². The summed E-state index contributed by atoms with van der Waals surface area (Å²) < 4.78 is 7.37. The lowest BCUT2D eigenvalue weighted by Gasteiger charge is -2.31. The lowest BCUT2D eigenvalue weighted by molar-refractivity contribution is -0.157. The van der Waals surface area contributed by atoms with Crippen molar-refractivity contribution in [3.63, 3.8) is 0 Å². The van der Waals surface area contributed by atoms with Crippen molar-refractivity contribution in [2.24, 2.45) is 5.92 Å². The summed E-state index contributed by atoms with van der Waals surface area (Å²) >= 11 is 1.24. The van der Waals surface area contributed by atoms with Gasteiger partial charge in [-0.3, -0.25) is 14.2 Å². The monoisotopic (exact) mass is 464 g/mol. The molecule has 1 saturated heterocycles. The first-order valence-corrected chi connectivity index (χ1v) is 12.2. The maximum absolute atomic E-state index is 12.6. The highest BCUT2D eigenvalue weighted by atomic mass is 32.2. The molecule has 4 rings (SSSR count). The molecule has 3 aromatic rings. The normalized spacial score (nSPS) is 15.3. The second-order valence-corrected chi connectivity index (χ2v) is 9.21. The Kier molecular flexibility index (Phi) is 7.44. The summed E-state index contributed by atoms with van der Waals surface area (Å²) in [6.45, 7) is 5.28. The molecule has 1 fully saturated rings. The van der Waals surface area contributed by atoms with Crippen LogP contribution in [-0.2, 0) is 14.3 Å². The molecule has 1 aromatic heterocycles. The molecule has 0 bridgehead atoms. The van der Waals surface area contributed by atoms with Crippen molar-refractivity contribution in [2.45, 2.75) is 37.9 Å². The molecule has 1 aliphatic heterocycles. The Balaban J connectivity index is 1.43. The van der Waals surface area contributed by atoms with Crippen molar-refractivity contribution in [1.29, 1.82) is 0 Å². The Bertz CT molecular complexity index is 1080. The van der Waals surface area contributed by atoms with Gasteiger partial charge in [-0.25, -0.2) is 0 Å². The van der Waals surface area contributed by atoms with Crippen LogP contribution in [0.15, 0.2) is 65.8 Å². The second-order valence-electron chi connectivity index (χ2n) is 8.27. The van der Waals surface area contributed by atoms with E-state index in [1.165, 1.54) is 11.8 Å². The minimum atomic E-state index is -0.793. The van der Waals surface area contributed by atoms with Gasteiger partial charge < -0.3 is 9.64 Å². The Morgan fingerprint density at radius 1 is 1.03 bits per heavy atom. The number of hydrogen-bond acceptors (Lipinski definition) is 6. The van der Waals surface area contributed by atoms with Gasteiger partial charge in [-0.1, -0.05) is 67.2 Å². The van der Waals surface area contributed by atoms with Crippen LogP contribution in [0, 0.1) is 5.92 Å². The molecule has 0 saturated carbocycles. The maximum Gasteiger partial charge on any atom is 0.317 e. The van der Waals surface area contributed by atoms with Gasteiger partial charge in [0, 0.05) is 24.3 Å². The second kappa shape index (κ2) is 10.7. The quantitative estimate of drug-likeness (QED) is 0.385. The summed E-state index contributed by atoms with van der Waals surface area (Å²) in [5.41, 5.74) is 1.83. The van der Waals surface area contributed by atoms with E-state index in [9.17, 15) is 9.59 Å². The molecule has 8 heteroatoms. The Morgan fingerprint density at radius 3 is 2.33 bits per heavy atom. The van der Waals surface area contributed by atoms with Crippen LogP contribution in [0.4, 0.5) is 0 Å². The highest BCUT2D eigenvalue weighted by Gasteiger charge is 2.27. The zero-order valence-electron chi connectivity index (χ0n) is 18.9. The number of carbonyl (C=O) groups excluding carboxylic acids is 2. The van der Waals surface area contributed by atoms with Gasteiger partial charge in [0.1, 0.15) is 0 Å². The molecule has 1 aliphatic rings. The lowest BCUT2D eigenvalue weighted by Crippen LogP contribution is -2.44. The van der Waals surface area contributed by atoms with E-state index < -0.39 is 12.1 Å². The molecule has 0 radical (unpaired) electrons. The van der Waals surface area contributed by atoms with E-state index in [0.717, 1.165) is 37.2 Å². The number of rotatable bonds is 7. The number of piperidine rings is 1. The highest BCUT2D eigenvalue weighted by Crippen LogP contribution is 2.28. The number of para-hydroxylation sites is 1. The molecule has 0 spiro atoms. The first-order chi connectivity index (χ1) is 16.0. The molecule has 2 aromatic carbocycles. The average Bonchev–Trinajstić information content (AvgIpc) is 3.28. The van der Waals surface area contributed by atoms with Crippen LogP contribution in [0.2, 0.25) is 0 Å². The van der Waals surface area contributed by atoms with Gasteiger partial charge in [-0.2, -0.15) is 0 Å². The van der Waals surface area contributed by atoms with E-state index in [0.29, 0.717) is 16.9 Å². The average molecular weight is 465 g/mol. The lowest BCUT2D eigenvalue weighted by atomic mass is 9.99. The van der Waals surface area contributed by atoms with Crippen molar-refractivity contribution in [3.05, 3.63) is 60.7 Å². The molecular formula is C25H28N4O3S. The van der Waals surface area contributed by atoms with E-state index in [1.54, 1.807) is 11.8 Å². The minimum absolute atomic E-state index is 0.0361. The third-order valence-corrected chi connectivity index (χ3v) is 6.65. The molecule has 2 heterocycles. The summed E-state index contributed by atoms with van der Waals surface area (Å²) in [5.74, 6) is 0.787. The zero-order chi connectivity index (χ0) is 23.2. The van der Waals surface area contributed by atoms with Gasteiger partial charge in [0.15, 0.2) is 17.1 Å². The van der Waals surface area contributed by atoms with Crippen molar-refractivity contribution in [2.75, 3.05) is 18.8 Å². The number of esters is 1. The smallest absolute Gasteiger partial charge is 0.317 e. The fraction of sp³-hybridized carbons (Fsp3) is 0.360. The van der Waals surface area contributed by atoms with E-state index in [4.69, 9.17) is 4.74 Å². The number of thioether (sulfide) groups is 1. The number of amides is 1. The molecule has 172 valence electrons. The predicted octanol–water partition coefficient (Wildman–Crippen LogP) is 4.22.